The molecule has 13 heteroatoms. The SMILES string of the molecule is C[C@H](CO)NS(=O)(=O)c1ccc(NC(=O)c2cc3ccn(C)c3c(N3CCC(F)(F)CC3)n2)c(N2CCC3(CC2)CC3)c1. The first kappa shape index (κ1) is 29.8. The van der Waals surface area contributed by atoms with Crippen molar-refractivity contribution >= 4 is 44.0 Å². The van der Waals surface area contributed by atoms with Gasteiger partial charge in [-0.2, -0.15) is 0 Å². The fourth-order valence-electron chi connectivity index (χ4n) is 6.18. The lowest BCUT2D eigenvalue weighted by molar-refractivity contribution is -0.0221. The Morgan fingerprint density at radius 2 is 1.70 bits per heavy atom. The van der Waals surface area contributed by atoms with Gasteiger partial charge < -0.3 is 24.8 Å². The van der Waals surface area contributed by atoms with Crippen LogP contribution in [0, 0.1) is 5.41 Å². The number of anilines is 3. The molecule has 2 aromatic heterocycles. The maximum Gasteiger partial charge on any atom is 0.274 e. The molecule has 1 saturated carbocycles. The molecule has 1 aromatic carbocycles. The lowest BCUT2D eigenvalue weighted by Gasteiger charge is -2.35. The van der Waals surface area contributed by atoms with Gasteiger partial charge in [-0.05, 0) is 68.4 Å². The number of pyridine rings is 1. The summed E-state index contributed by atoms with van der Waals surface area (Å²) >= 11 is 0. The monoisotopic (exact) mass is 616 g/mol. The molecule has 0 unspecified atom stereocenters. The Hall–Kier alpha value is -3.29. The molecule has 232 valence electrons. The van der Waals surface area contributed by atoms with E-state index < -0.39 is 27.9 Å². The van der Waals surface area contributed by atoms with E-state index in [2.05, 4.69) is 19.9 Å². The van der Waals surface area contributed by atoms with E-state index in [1.165, 1.54) is 18.9 Å². The third-order valence-electron chi connectivity index (χ3n) is 9.14. The second kappa shape index (κ2) is 11.0. The van der Waals surface area contributed by atoms with Crippen LogP contribution in [0.3, 0.4) is 0 Å². The number of hydrogen-bond donors (Lipinski definition) is 3. The Morgan fingerprint density at radius 3 is 2.35 bits per heavy atom. The van der Waals surface area contributed by atoms with E-state index in [1.807, 2.05) is 28.8 Å². The van der Waals surface area contributed by atoms with Crippen LogP contribution in [0.5, 0.6) is 0 Å². The molecule has 2 aliphatic heterocycles. The van der Waals surface area contributed by atoms with Gasteiger partial charge in [0, 0.05) is 63.7 Å². The number of fused-ring (bicyclic) bond motifs is 1. The van der Waals surface area contributed by atoms with E-state index in [0.717, 1.165) is 36.8 Å². The van der Waals surface area contributed by atoms with Crippen LogP contribution in [0.4, 0.5) is 26.0 Å². The number of piperidine rings is 2. The quantitative estimate of drug-likeness (QED) is 0.349. The topological polar surface area (TPSA) is 120 Å². The number of hydrogen-bond acceptors (Lipinski definition) is 7. The number of aliphatic hydroxyl groups is 1. The second-order valence-corrected chi connectivity index (χ2v) is 14.1. The first-order chi connectivity index (χ1) is 20.4. The minimum absolute atomic E-state index is 0.0422. The molecular formula is C30H38F2N6O4S. The average Bonchev–Trinajstić information content (AvgIpc) is 3.63. The van der Waals surface area contributed by atoms with Crippen LogP contribution in [0.1, 0.15) is 55.9 Å². The molecule has 1 atom stereocenters. The molecule has 1 aliphatic carbocycles. The van der Waals surface area contributed by atoms with Crippen LogP contribution in [-0.2, 0) is 17.1 Å². The van der Waals surface area contributed by atoms with Gasteiger partial charge in [-0.25, -0.2) is 26.9 Å². The highest BCUT2D eigenvalue weighted by molar-refractivity contribution is 7.89. The summed E-state index contributed by atoms with van der Waals surface area (Å²) in [5.74, 6) is -2.70. The minimum atomic E-state index is -3.91. The first-order valence-corrected chi connectivity index (χ1v) is 16.3. The van der Waals surface area contributed by atoms with E-state index >= 15 is 0 Å². The van der Waals surface area contributed by atoms with Crippen molar-refractivity contribution in [2.75, 3.05) is 47.9 Å². The Labute approximate surface area is 250 Å². The number of alkyl halides is 2. The fourth-order valence-corrected chi connectivity index (χ4v) is 7.44. The van der Waals surface area contributed by atoms with Crippen molar-refractivity contribution in [2.24, 2.45) is 12.5 Å². The molecule has 3 aliphatic rings. The molecule has 3 aromatic rings. The second-order valence-electron chi connectivity index (χ2n) is 12.4. The maximum atomic E-state index is 13.9. The predicted molar refractivity (Wildman–Crippen MR) is 161 cm³/mol. The molecule has 3 N–H and O–H groups in total. The van der Waals surface area contributed by atoms with E-state index in [1.54, 1.807) is 25.1 Å². The van der Waals surface area contributed by atoms with Gasteiger partial charge >= 0.3 is 0 Å². The van der Waals surface area contributed by atoms with Crippen LogP contribution in [0.15, 0.2) is 41.4 Å². The molecule has 3 fully saturated rings. The van der Waals surface area contributed by atoms with Crippen LogP contribution in [-0.4, -0.2) is 73.7 Å². The molecule has 43 heavy (non-hydrogen) atoms. The van der Waals surface area contributed by atoms with Gasteiger partial charge in [0.1, 0.15) is 5.69 Å². The standard InChI is InChI=1S/C30H38F2N6O4S/c1-20(19-39)35-43(41,42)22-3-4-23(25(18-22)37-13-8-29(6-7-29)9-14-37)34-28(40)24-17-21-5-12-36(2)26(21)27(33-24)38-15-10-30(31,32)11-16-38/h3-5,12,17-18,20,35,39H,6-11,13-16,19H2,1-2H3,(H,34,40)/t20-/m1/s1. The number of aliphatic hydroxyl groups excluding tert-OH is 1. The van der Waals surface area contributed by atoms with Crippen LogP contribution in [0.2, 0.25) is 0 Å². The largest absolute Gasteiger partial charge is 0.395 e. The van der Waals surface area contributed by atoms with Gasteiger partial charge in [-0.15, -0.1) is 0 Å². The van der Waals surface area contributed by atoms with Crippen molar-refractivity contribution in [3.05, 3.63) is 42.2 Å². The molecule has 0 radical (unpaired) electrons. The highest BCUT2D eigenvalue weighted by atomic mass is 32.2. The van der Waals surface area contributed by atoms with Gasteiger partial charge in [-0.1, -0.05) is 0 Å². The summed E-state index contributed by atoms with van der Waals surface area (Å²) in [5.41, 5.74) is 2.36. The summed E-state index contributed by atoms with van der Waals surface area (Å²) < 4.78 is 58.3. The van der Waals surface area contributed by atoms with Gasteiger partial charge in [0.2, 0.25) is 10.0 Å². The zero-order valence-electron chi connectivity index (χ0n) is 24.4. The van der Waals surface area contributed by atoms with Crippen LogP contribution in [0.25, 0.3) is 10.9 Å². The number of nitrogens with one attached hydrogen (secondary N) is 2. The number of nitrogens with zero attached hydrogens (tertiary/aromatic N) is 4. The van der Waals surface area contributed by atoms with Gasteiger partial charge in [0.05, 0.1) is 28.4 Å². The van der Waals surface area contributed by atoms with Crippen LogP contribution < -0.4 is 19.8 Å². The third kappa shape index (κ3) is 6.07. The molecule has 6 rings (SSSR count). The Balaban J connectivity index is 1.32. The Kier molecular flexibility index (Phi) is 7.62. The predicted octanol–water partition coefficient (Wildman–Crippen LogP) is 4.10. The summed E-state index contributed by atoms with van der Waals surface area (Å²) in [4.78, 5) is 22.4. The van der Waals surface area contributed by atoms with Crippen molar-refractivity contribution < 1.29 is 27.1 Å². The number of aromatic nitrogens is 2. The summed E-state index contributed by atoms with van der Waals surface area (Å²) in [7, 11) is -2.06. The molecule has 4 heterocycles. The highest BCUT2D eigenvalue weighted by Crippen LogP contribution is 2.54. The van der Waals surface area contributed by atoms with Crippen LogP contribution >= 0.6 is 0 Å². The lowest BCUT2D eigenvalue weighted by Crippen LogP contribution is -2.40. The van der Waals surface area contributed by atoms with Gasteiger partial charge in [0.15, 0.2) is 5.82 Å². The molecule has 2 saturated heterocycles. The normalized spacial score (nSPS) is 20.4. The number of halogens is 2. The third-order valence-corrected chi connectivity index (χ3v) is 10.7. The molecule has 1 spiro atoms. The Morgan fingerprint density at radius 1 is 1.02 bits per heavy atom. The van der Waals surface area contributed by atoms with Crippen molar-refractivity contribution in [3.8, 4) is 0 Å². The number of sulfonamides is 1. The van der Waals surface area contributed by atoms with E-state index in [0.29, 0.717) is 22.6 Å². The maximum absolute atomic E-state index is 13.9. The average molecular weight is 617 g/mol. The molecule has 10 nitrogen and oxygen atoms in total. The minimum Gasteiger partial charge on any atom is -0.395 e. The van der Waals surface area contributed by atoms with Crippen molar-refractivity contribution in [1.82, 2.24) is 14.3 Å². The summed E-state index contributed by atoms with van der Waals surface area (Å²) in [6, 6.07) is 7.48. The zero-order valence-corrected chi connectivity index (χ0v) is 25.3. The number of amides is 1. The molecule has 0 bridgehead atoms. The number of aryl methyl sites for hydroxylation is 1. The van der Waals surface area contributed by atoms with Crippen molar-refractivity contribution in [1.29, 1.82) is 0 Å². The molecular weight excluding hydrogens is 578 g/mol. The van der Waals surface area contributed by atoms with E-state index in [9.17, 15) is 27.1 Å². The summed E-state index contributed by atoms with van der Waals surface area (Å²) in [6.07, 6.45) is 5.72. The number of rotatable bonds is 8. The zero-order chi connectivity index (χ0) is 30.6. The first-order valence-electron chi connectivity index (χ1n) is 14.8. The summed E-state index contributed by atoms with van der Waals surface area (Å²) in [6.45, 7) is 2.98. The van der Waals surface area contributed by atoms with Gasteiger partial charge in [0.25, 0.3) is 11.8 Å². The van der Waals surface area contributed by atoms with E-state index in [-0.39, 0.29) is 43.1 Å². The smallest absolute Gasteiger partial charge is 0.274 e. The molecule has 1 amide bonds. The lowest BCUT2D eigenvalue weighted by atomic mass is 9.93. The van der Waals surface area contributed by atoms with Crippen molar-refractivity contribution in [3.63, 3.8) is 0 Å². The number of benzene rings is 1. The van der Waals surface area contributed by atoms with Gasteiger partial charge in [-0.3, -0.25) is 4.79 Å². The Bertz CT molecular complexity index is 1640. The highest BCUT2D eigenvalue weighted by Gasteiger charge is 2.44. The number of carbonyl (C=O) groups is 1. The number of carbonyl (C=O) groups excluding carboxylic acids is 1. The van der Waals surface area contributed by atoms with E-state index in [4.69, 9.17) is 0 Å². The fraction of sp³-hybridized carbons (Fsp3) is 0.533. The summed E-state index contributed by atoms with van der Waals surface area (Å²) in [5, 5.41) is 13.1. The van der Waals surface area contributed by atoms with Crippen molar-refractivity contribution in [2.45, 2.75) is 62.3 Å².